The van der Waals surface area contributed by atoms with Gasteiger partial charge in [0, 0.05) is 10.8 Å². The average molecular weight is 331 g/mol. The summed E-state index contributed by atoms with van der Waals surface area (Å²) in [5.41, 5.74) is 8.05. The maximum Gasteiger partial charge on any atom is 0.152 e. The Labute approximate surface area is 147 Å². The van der Waals surface area contributed by atoms with Crippen molar-refractivity contribution in [3.8, 4) is 5.75 Å². The molecule has 0 spiro atoms. The summed E-state index contributed by atoms with van der Waals surface area (Å²) in [6.07, 6.45) is 3.05. The zero-order chi connectivity index (χ0) is 17.4. The summed E-state index contributed by atoms with van der Waals surface area (Å²) < 4.78 is 7.55. The third-order valence-electron chi connectivity index (χ3n) is 4.63. The van der Waals surface area contributed by atoms with E-state index in [1.165, 1.54) is 5.69 Å². The SMILES string of the molecule is CCc1c(C)nc2n1NC(c1ccccc1)=c1cc(OC)ccc1=C2. The minimum absolute atomic E-state index is 0.841. The molecule has 0 atom stereocenters. The van der Waals surface area contributed by atoms with Gasteiger partial charge in [-0.25, -0.2) is 9.66 Å². The Kier molecular flexibility index (Phi) is 3.80. The van der Waals surface area contributed by atoms with E-state index in [0.29, 0.717) is 0 Å². The van der Waals surface area contributed by atoms with Gasteiger partial charge in [0.25, 0.3) is 0 Å². The van der Waals surface area contributed by atoms with E-state index in [1.54, 1.807) is 7.11 Å². The van der Waals surface area contributed by atoms with Crippen LogP contribution in [0.25, 0.3) is 11.8 Å². The monoisotopic (exact) mass is 331 g/mol. The fourth-order valence-electron chi connectivity index (χ4n) is 3.36. The molecule has 0 saturated heterocycles. The number of fused-ring (bicyclic) bond motifs is 2. The molecule has 0 amide bonds. The molecule has 3 aromatic rings. The molecule has 4 nitrogen and oxygen atoms in total. The Morgan fingerprint density at radius 1 is 1.12 bits per heavy atom. The molecule has 2 heterocycles. The minimum atomic E-state index is 0.841. The van der Waals surface area contributed by atoms with Gasteiger partial charge < -0.3 is 4.74 Å². The quantitative estimate of drug-likeness (QED) is 0.800. The molecule has 1 N–H and O–H groups in total. The number of hydrogen-bond donors (Lipinski definition) is 1. The van der Waals surface area contributed by atoms with Gasteiger partial charge in [-0.1, -0.05) is 43.3 Å². The molecule has 1 aliphatic heterocycles. The largest absolute Gasteiger partial charge is 0.497 e. The number of benzene rings is 2. The molecule has 2 aromatic carbocycles. The van der Waals surface area contributed by atoms with Crippen molar-refractivity contribution in [1.82, 2.24) is 9.66 Å². The van der Waals surface area contributed by atoms with E-state index in [2.05, 4.69) is 66.4 Å². The minimum Gasteiger partial charge on any atom is -0.497 e. The van der Waals surface area contributed by atoms with E-state index in [9.17, 15) is 0 Å². The van der Waals surface area contributed by atoms with Gasteiger partial charge in [-0.05, 0) is 36.8 Å². The highest BCUT2D eigenvalue weighted by Gasteiger charge is 2.16. The summed E-state index contributed by atoms with van der Waals surface area (Å²) in [5.74, 6) is 1.76. The lowest BCUT2D eigenvalue weighted by molar-refractivity contribution is 0.414. The van der Waals surface area contributed by atoms with Crippen LogP contribution in [-0.4, -0.2) is 16.8 Å². The molecule has 0 fully saturated rings. The van der Waals surface area contributed by atoms with Crippen LogP contribution in [0, 0.1) is 6.92 Å². The predicted molar refractivity (Wildman–Crippen MR) is 100 cm³/mol. The van der Waals surface area contributed by atoms with E-state index in [1.807, 2.05) is 12.1 Å². The Bertz CT molecular complexity index is 1050. The van der Waals surface area contributed by atoms with E-state index in [4.69, 9.17) is 9.72 Å². The highest BCUT2D eigenvalue weighted by Crippen LogP contribution is 2.17. The standard InChI is InChI=1S/C21H21N3O/c1-4-19-14(2)22-20-12-16-10-11-17(25-3)13-18(16)21(23-24(19)20)15-8-6-5-7-9-15/h5-13,23H,4H2,1-3H3. The first-order valence-electron chi connectivity index (χ1n) is 8.52. The Morgan fingerprint density at radius 3 is 2.64 bits per heavy atom. The van der Waals surface area contributed by atoms with E-state index in [0.717, 1.165) is 45.4 Å². The molecule has 126 valence electrons. The smallest absolute Gasteiger partial charge is 0.152 e. The summed E-state index contributed by atoms with van der Waals surface area (Å²) in [7, 11) is 1.70. The number of methoxy groups -OCH3 is 1. The summed E-state index contributed by atoms with van der Waals surface area (Å²) in [5, 5.41) is 2.23. The average Bonchev–Trinajstić information content (AvgIpc) is 2.85. The van der Waals surface area contributed by atoms with Crippen molar-refractivity contribution < 1.29 is 4.74 Å². The fraction of sp³-hybridized carbons (Fsp3) is 0.190. The van der Waals surface area contributed by atoms with Crippen LogP contribution in [0.3, 0.4) is 0 Å². The first kappa shape index (κ1) is 15.5. The second kappa shape index (κ2) is 6.13. The van der Waals surface area contributed by atoms with Crippen LogP contribution in [0.15, 0.2) is 48.5 Å². The molecular weight excluding hydrogens is 310 g/mol. The molecule has 0 aliphatic carbocycles. The van der Waals surface area contributed by atoms with Crippen LogP contribution in [0.1, 0.15) is 29.7 Å². The first-order valence-corrected chi connectivity index (χ1v) is 8.52. The number of nitrogens with zero attached hydrogens (tertiary/aromatic N) is 2. The van der Waals surface area contributed by atoms with Crippen molar-refractivity contribution in [2.24, 2.45) is 0 Å². The van der Waals surface area contributed by atoms with Gasteiger partial charge >= 0.3 is 0 Å². The number of imidazole rings is 1. The molecule has 4 heteroatoms. The van der Waals surface area contributed by atoms with E-state index >= 15 is 0 Å². The normalized spacial score (nSPS) is 12.5. The summed E-state index contributed by atoms with van der Waals surface area (Å²) in [4.78, 5) is 4.75. The molecular formula is C21H21N3O. The highest BCUT2D eigenvalue weighted by atomic mass is 16.5. The Hall–Kier alpha value is -3.01. The maximum atomic E-state index is 5.45. The van der Waals surface area contributed by atoms with Gasteiger partial charge in [0.1, 0.15) is 5.75 Å². The van der Waals surface area contributed by atoms with Crippen molar-refractivity contribution in [2.75, 3.05) is 12.5 Å². The molecule has 1 aliphatic rings. The fourth-order valence-corrected chi connectivity index (χ4v) is 3.36. The topological polar surface area (TPSA) is 39.1 Å². The third-order valence-corrected chi connectivity index (χ3v) is 4.63. The van der Waals surface area contributed by atoms with Crippen LogP contribution in [0.4, 0.5) is 0 Å². The Balaban J connectivity index is 2.07. The van der Waals surface area contributed by atoms with Gasteiger partial charge in [0.2, 0.25) is 0 Å². The Morgan fingerprint density at radius 2 is 1.92 bits per heavy atom. The first-order chi connectivity index (χ1) is 12.2. The molecule has 0 radical (unpaired) electrons. The lowest BCUT2D eigenvalue weighted by Crippen LogP contribution is -2.30. The van der Waals surface area contributed by atoms with Crippen molar-refractivity contribution in [2.45, 2.75) is 20.3 Å². The molecule has 0 saturated carbocycles. The van der Waals surface area contributed by atoms with Crippen molar-refractivity contribution in [3.05, 3.63) is 81.7 Å². The summed E-state index contributed by atoms with van der Waals surface area (Å²) in [6.45, 7) is 4.22. The molecule has 0 unspecified atom stereocenters. The molecule has 1 aromatic heterocycles. The number of nitrogens with one attached hydrogen (secondary N) is 1. The third kappa shape index (κ3) is 2.60. The van der Waals surface area contributed by atoms with Crippen LogP contribution in [-0.2, 0) is 6.42 Å². The summed E-state index contributed by atoms with van der Waals surface area (Å²) >= 11 is 0. The van der Waals surface area contributed by atoms with Crippen molar-refractivity contribution in [1.29, 1.82) is 0 Å². The van der Waals surface area contributed by atoms with E-state index < -0.39 is 0 Å². The van der Waals surface area contributed by atoms with Gasteiger partial charge in [-0.15, -0.1) is 0 Å². The van der Waals surface area contributed by atoms with Crippen LogP contribution in [0.2, 0.25) is 0 Å². The maximum absolute atomic E-state index is 5.45. The number of hydrogen-bond acceptors (Lipinski definition) is 3. The number of aromatic nitrogens is 2. The predicted octanol–water partition coefficient (Wildman–Crippen LogP) is 2.30. The van der Waals surface area contributed by atoms with Crippen molar-refractivity contribution >= 4 is 11.8 Å². The molecule has 25 heavy (non-hydrogen) atoms. The second-order valence-corrected chi connectivity index (χ2v) is 6.14. The summed E-state index contributed by atoms with van der Waals surface area (Å²) in [6, 6.07) is 16.5. The zero-order valence-corrected chi connectivity index (χ0v) is 14.7. The highest BCUT2D eigenvalue weighted by molar-refractivity contribution is 5.72. The van der Waals surface area contributed by atoms with Crippen LogP contribution in [0.5, 0.6) is 5.75 Å². The molecule has 0 bridgehead atoms. The lowest BCUT2D eigenvalue weighted by atomic mass is 10.1. The van der Waals surface area contributed by atoms with Crippen molar-refractivity contribution in [3.63, 3.8) is 0 Å². The van der Waals surface area contributed by atoms with Crippen LogP contribution < -0.4 is 20.6 Å². The zero-order valence-electron chi connectivity index (χ0n) is 14.7. The van der Waals surface area contributed by atoms with Gasteiger partial charge in [-0.2, -0.15) is 0 Å². The molecule has 4 rings (SSSR count). The number of ether oxygens (including phenoxy) is 1. The van der Waals surface area contributed by atoms with Crippen LogP contribution >= 0.6 is 0 Å². The second-order valence-electron chi connectivity index (χ2n) is 6.14. The van der Waals surface area contributed by atoms with Gasteiger partial charge in [0.05, 0.1) is 24.2 Å². The van der Waals surface area contributed by atoms with Gasteiger partial charge in [0.15, 0.2) is 5.82 Å². The number of aryl methyl sites for hydroxylation is 1. The lowest BCUT2D eigenvalue weighted by Gasteiger charge is -2.15. The van der Waals surface area contributed by atoms with E-state index in [-0.39, 0.29) is 0 Å². The van der Waals surface area contributed by atoms with Gasteiger partial charge in [-0.3, -0.25) is 5.43 Å². The number of rotatable bonds is 3.